The van der Waals surface area contributed by atoms with Crippen molar-refractivity contribution in [3.8, 4) is 11.5 Å². The van der Waals surface area contributed by atoms with Crippen LogP contribution in [-0.2, 0) is 5.41 Å². The Bertz CT molecular complexity index is 794. The van der Waals surface area contributed by atoms with Gasteiger partial charge in [-0.25, -0.2) is 0 Å². The van der Waals surface area contributed by atoms with Gasteiger partial charge >= 0.3 is 0 Å². The number of anilines is 1. The lowest BCUT2D eigenvalue weighted by Crippen LogP contribution is -2.25. The highest BCUT2D eigenvalue weighted by atomic mass is 127. The second-order valence-corrected chi connectivity index (χ2v) is 6.62. The van der Waals surface area contributed by atoms with Gasteiger partial charge in [0.05, 0.1) is 20.8 Å². The maximum absolute atomic E-state index is 6.11. The summed E-state index contributed by atoms with van der Waals surface area (Å²) in [6.07, 6.45) is 2.20. The standard InChI is InChI=1S/C19H22ClN3O2.HI/c1-24-16-7-6-15(11-17(16)25-2)23-18(21)22-12-19(8-9-19)13-4-3-5-14(20)10-13;/h3-7,10-11H,8-9,12H2,1-2H3,(H3,21,22,23);1H. The fraction of sp³-hybridized carbons (Fsp3) is 0.316. The molecule has 2 aromatic carbocycles. The number of nitrogens with zero attached hydrogens (tertiary/aromatic N) is 1. The molecular formula is C19H23ClIN3O2. The Balaban J connectivity index is 0.00000243. The third-order valence-corrected chi connectivity index (χ3v) is 4.73. The number of hydrogen-bond donors (Lipinski definition) is 2. The van der Waals surface area contributed by atoms with Gasteiger partial charge in [0.15, 0.2) is 17.5 Å². The van der Waals surface area contributed by atoms with Gasteiger partial charge in [0.25, 0.3) is 0 Å². The summed E-state index contributed by atoms with van der Waals surface area (Å²) in [7, 11) is 3.20. The van der Waals surface area contributed by atoms with E-state index < -0.39 is 0 Å². The number of nitrogens with one attached hydrogen (secondary N) is 1. The van der Waals surface area contributed by atoms with Crippen LogP contribution in [0.4, 0.5) is 5.69 Å². The van der Waals surface area contributed by atoms with Gasteiger partial charge in [0.2, 0.25) is 0 Å². The van der Waals surface area contributed by atoms with E-state index in [0.29, 0.717) is 24.0 Å². The summed E-state index contributed by atoms with van der Waals surface area (Å²) >= 11 is 6.11. The fourth-order valence-electron chi connectivity index (χ4n) is 2.85. The van der Waals surface area contributed by atoms with Crippen LogP contribution in [-0.4, -0.2) is 26.7 Å². The predicted molar refractivity (Wildman–Crippen MR) is 117 cm³/mol. The van der Waals surface area contributed by atoms with Crippen molar-refractivity contribution < 1.29 is 9.47 Å². The highest BCUT2D eigenvalue weighted by Gasteiger charge is 2.44. The summed E-state index contributed by atoms with van der Waals surface area (Å²) in [5.41, 5.74) is 8.14. The van der Waals surface area contributed by atoms with Crippen LogP contribution >= 0.6 is 35.6 Å². The Morgan fingerprint density at radius 3 is 2.50 bits per heavy atom. The molecule has 0 unspecified atom stereocenters. The summed E-state index contributed by atoms with van der Waals surface area (Å²) < 4.78 is 10.5. The maximum Gasteiger partial charge on any atom is 0.193 e. The van der Waals surface area contributed by atoms with Gasteiger partial charge in [-0.2, -0.15) is 0 Å². The topological polar surface area (TPSA) is 68.9 Å². The van der Waals surface area contributed by atoms with Crippen LogP contribution < -0.4 is 20.5 Å². The van der Waals surface area contributed by atoms with E-state index in [1.807, 2.05) is 36.4 Å². The molecule has 26 heavy (non-hydrogen) atoms. The molecule has 3 N–H and O–H groups in total. The summed E-state index contributed by atoms with van der Waals surface area (Å²) in [5.74, 6) is 1.68. The predicted octanol–water partition coefficient (Wildman–Crippen LogP) is 4.43. The number of aliphatic imine (C=N–C) groups is 1. The molecule has 0 spiro atoms. The minimum atomic E-state index is 0. The second kappa shape index (κ2) is 8.81. The summed E-state index contributed by atoms with van der Waals surface area (Å²) in [6, 6.07) is 13.5. The fourth-order valence-corrected chi connectivity index (χ4v) is 3.04. The van der Waals surface area contributed by atoms with E-state index >= 15 is 0 Å². The van der Waals surface area contributed by atoms with E-state index in [0.717, 1.165) is 23.6 Å². The van der Waals surface area contributed by atoms with Crippen molar-refractivity contribution in [1.29, 1.82) is 0 Å². The number of nitrogens with two attached hydrogens (primary N) is 1. The van der Waals surface area contributed by atoms with Gasteiger partial charge in [0.1, 0.15) is 0 Å². The molecule has 0 amide bonds. The Morgan fingerprint density at radius 1 is 1.15 bits per heavy atom. The van der Waals surface area contributed by atoms with Crippen LogP contribution in [0.25, 0.3) is 0 Å². The van der Waals surface area contributed by atoms with E-state index in [1.54, 1.807) is 14.2 Å². The first-order chi connectivity index (χ1) is 12.1. The average Bonchev–Trinajstić information content (AvgIpc) is 3.41. The van der Waals surface area contributed by atoms with E-state index in [9.17, 15) is 0 Å². The van der Waals surface area contributed by atoms with E-state index in [4.69, 9.17) is 26.8 Å². The van der Waals surface area contributed by atoms with Crippen LogP contribution in [0, 0.1) is 0 Å². The first kappa shape index (κ1) is 20.6. The molecule has 0 atom stereocenters. The zero-order chi connectivity index (χ0) is 17.9. The Morgan fingerprint density at radius 2 is 1.88 bits per heavy atom. The van der Waals surface area contributed by atoms with Crippen LogP contribution in [0.3, 0.4) is 0 Å². The van der Waals surface area contributed by atoms with Crippen molar-refractivity contribution in [3.63, 3.8) is 0 Å². The number of methoxy groups -OCH3 is 2. The SMILES string of the molecule is COc1ccc(NC(N)=NCC2(c3cccc(Cl)c3)CC2)cc1OC.I. The molecule has 2 aromatic rings. The molecule has 7 heteroatoms. The normalized spacial score (nSPS) is 15.0. The molecule has 1 fully saturated rings. The molecule has 1 aliphatic rings. The van der Waals surface area contributed by atoms with Crippen LogP contribution in [0.15, 0.2) is 47.5 Å². The summed E-state index contributed by atoms with van der Waals surface area (Å²) in [5, 5.41) is 3.85. The number of ether oxygens (including phenoxy) is 2. The minimum absolute atomic E-state index is 0. The lowest BCUT2D eigenvalue weighted by Gasteiger charge is -2.15. The molecule has 0 heterocycles. The Labute approximate surface area is 175 Å². The van der Waals surface area contributed by atoms with Gasteiger partial charge in [-0.1, -0.05) is 23.7 Å². The lowest BCUT2D eigenvalue weighted by atomic mass is 9.96. The van der Waals surface area contributed by atoms with Gasteiger partial charge in [0, 0.05) is 22.2 Å². The van der Waals surface area contributed by atoms with Gasteiger partial charge < -0.3 is 20.5 Å². The molecule has 0 radical (unpaired) electrons. The largest absolute Gasteiger partial charge is 0.493 e. The van der Waals surface area contributed by atoms with E-state index in [2.05, 4.69) is 16.4 Å². The molecule has 1 saturated carbocycles. The minimum Gasteiger partial charge on any atom is -0.493 e. The maximum atomic E-state index is 6.11. The Hall–Kier alpha value is -1.67. The van der Waals surface area contributed by atoms with Gasteiger partial charge in [-0.15, -0.1) is 24.0 Å². The first-order valence-corrected chi connectivity index (χ1v) is 8.49. The van der Waals surface area contributed by atoms with Crippen molar-refractivity contribution in [3.05, 3.63) is 53.1 Å². The van der Waals surface area contributed by atoms with Crippen LogP contribution in [0.2, 0.25) is 5.02 Å². The van der Waals surface area contributed by atoms with Crippen molar-refractivity contribution in [2.24, 2.45) is 10.7 Å². The highest BCUT2D eigenvalue weighted by Crippen LogP contribution is 2.48. The summed E-state index contributed by atoms with van der Waals surface area (Å²) in [6.45, 7) is 0.638. The number of guanidine groups is 1. The quantitative estimate of drug-likeness (QED) is 0.359. The lowest BCUT2D eigenvalue weighted by molar-refractivity contribution is 0.355. The van der Waals surface area contributed by atoms with Crippen molar-refractivity contribution >= 4 is 47.2 Å². The van der Waals surface area contributed by atoms with Crippen molar-refractivity contribution in [1.82, 2.24) is 0 Å². The monoisotopic (exact) mass is 487 g/mol. The highest BCUT2D eigenvalue weighted by molar-refractivity contribution is 14.0. The smallest absolute Gasteiger partial charge is 0.193 e. The molecule has 0 aliphatic heterocycles. The van der Waals surface area contributed by atoms with Crippen molar-refractivity contribution in [2.75, 3.05) is 26.1 Å². The molecule has 0 bridgehead atoms. The number of hydrogen-bond acceptors (Lipinski definition) is 3. The molecule has 5 nitrogen and oxygen atoms in total. The van der Waals surface area contributed by atoms with E-state index in [-0.39, 0.29) is 29.4 Å². The molecular weight excluding hydrogens is 465 g/mol. The third-order valence-electron chi connectivity index (χ3n) is 4.50. The van der Waals surface area contributed by atoms with Crippen molar-refractivity contribution in [2.45, 2.75) is 18.3 Å². The molecule has 0 aromatic heterocycles. The van der Waals surface area contributed by atoms with E-state index in [1.165, 1.54) is 5.56 Å². The third kappa shape index (κ3) is 4.73. The van der Waals surface area contributed by atoms with Crippen LogP contribution in [0.5, 0.6) is 11.5 Å². The zero-order valence-electron chi connectivity index (χ0n) is 14.8. The Kier molecular flexibility index (Phi) is 7.00. The van der Waals surface area contributed by atoms with Gasteiger partial charge in [-0.3, -0.25) is 4.99 Å². The molecule has 3 rings (SSSR count). The molecule has 1 aliphatic carbocycles. The van der Waals surface area contributed by atoms with Gasteiger partial charge in [-0.05, 0) is 42.7 Å². The molecule has 0 saturated heterocycles. The second-order valence-electron chi connectivity index (χ2n) is 6.19. The number of benzene rings is 2. The number of halogens is 2. The van der Waals surface area contributed by atoms with Crippen LogP contribution in [0.1, 0.15) is 18.4 Å². The summed E-state index contributed by atoms with van der Waals surface area (Å²) in [4.78, 5) is 4.53. The first-order valence-electron chi connectivity index (χ1n) is 8.11. The zero-order valence-corrected chi connectivity index (χ0v) is 17.9. The number of rotatable bonds is 6. The molecule has 140 valence electrons. The average molecular weight is 488 g/mol.